The van der Waals surface area contributed by atoms with Gasteiger partial charge in [-0.05, 0) is 0 Å². The number of thiol groups is 2. The Balaban J connectivity index is -0.0000000483. The average molecular weight is 222 g/mol. The summed E-state index contributed by atoms with van der Waals surface area (Å²) in [5.41, 5.74) is 5.44. The van der Waals surface area contributed by atoms with Crippen molar-refractivity contribution >= 4 is 53.4 Å². The third kappa shape index (κ3) is 58.8. The molecule has 0 heterocycles. The molecule has 0 aromatic carbocycles. The molecular formula is C3H7N2NaO2S3. The first-order valence-electron chi connectivity index (χ1n) is 1.92. The molecule has 0 fully saturated rings. The zero-order valence-corrected chi connectivity index (χ0v) is 10.4. The maximum absolute atomic E-state index is 9.70. The molecule has 0 rings (SSSR count). The molecule has 11 heavy (non-hydrogen) atoms. The van der Waals surface area contributed by atoms with Gasteiger partial charge in [0.05, 0.1) is 5.49 Å². The van der Waals surface area contributed by atoms with Gasteiger partial charge in [0.2, 0.25) is 0 Å². The van der Waals surface area contributed by atoms with Crippen LogP contribution in [-0.2, 0) is 0 Å². The summed E-state index contributed by atoms with van der Waals surface area (Å²) >= 11 is 10.7. The third-order valence-electron chi connectivity index (χ3n) is 0.182. The van der Waals surface area contributed by atoms with Gasteiger partial charge in [0.25, 0.3) is 10.5 Å². The first kappa shape index (κ1) is 17.7. The van der Waals surface area contributed by atoms with Gasteiger partial charge in [-0.1, -0.05) is 37.5 Å². The Morgan fingerprint density at radius 2 is 1.82 bits per heavy atom. The minimum absolute atomic E-state index is 0. The molecule has 3 N–H and O–H groups in total. The summed E-state index contributed by atoms with van der Waals surface area (Å²) in [6.07, 6.45) is 0. The molecule has 0 spiro atoms. The Hall–Kier alpha value is 0.730. The number of nitrogens with one attached hydrogen (secondary N) is 1. The topological polar surface area (TPSA) is 72.2 Å². The number of carbonyl (C=O) groups is 2. The van der Waals surface area contributed by atoms with E-state index in [9.17, 15) is 4.79 Å². The van der Waals surface area contributed by atoms with E-state index in [-0.39, 0.29) is 31.0 Å². The van der Waals surface area contributed by atoms with E-state index >= 15 is 0 Å². The van der Waals surface area contributed by atoms with Crippen LogP contribution in [0.3, 0.4) is 0 Å². The predicted octanol–water partition coefficient (Wildman–Crippen LogP) is -2.31. The van der Waals surface area contributed by atoms with Crippen molar-refractivity contribution < 1.29 is 40.6 Å². The summed E-state index contributed by atoms with van der Waals surface area (Å²) in [6, 6.07) is 0. The number of amides is 2. The Kier molecular flexibility index (Phi) is 21.5. The summed E-state index contributed by atoms with van der Waals surface area (Å²) in [6.45, 7) is 0. The van der Waals surface area contributed by atoms with Crippen LogP contribution >= 0.6 is 37.5 Å². The second kappa shape index (κ2) is 13.3. The normalized spacial score (nSPS) is 6.00. The van der Waals surface area contributed by atoms with Crippen LogP contribution in [0.1, 0.15) is 1.43 Å². The minimum Gasteiger partial charge on any atom is -1.00 e. The van der Waals surface area contributed by atoms with E-state index in [2.05, 4.69) is 48.5 Å². The fourth-order valence-corrected chi connectivity index (χ4v) is 0.309. The van der Waals surface area contributed by atoms with Crippen LogP contribution in [0.25, 0.3) is 0 Å². The van der Waals surface area contributed by atoms with Gasteiger partial charge < -0.3 is 12.5 Å². The van der Waals surface area contributed by atoms with Crippen molar-refractivity contribution in [2.24, 2.45) is 5.73 Å². The van der Waals surface area contributed by atoms with Crippen LogP contribution in [-0.4, -0.2) is 16.0 Å². The Labute approximate surface area is 104 Å². The van der Waals surface area contributed by atoms with Crippen LogP contribution in [0.2, 0.25) is 0 Å². The molecule has 8 heteroatoms. The largest absolute Gasteiger partial charge is 1.00 e. The van der Waals surface area contributed by atoms with Crippen LogP contribution in [0.15, 0.2) is 0 Å². The molecule has 0 atom stereocenters. The fraction of sp³-hybridized carbons (Fsp3) is 0. The second-order valence-corrected chi connectivity index (χ2v) is 1.99. The molecule has 0 aromatic heterocycles. The van der Waals surface area contributed by atoms with Gasteiger partial charge in [-0.3, -0.25) is 9.59 Å². The maximum atomic E-state index is 9.70. The van der Waals surface area contributed by atoms with Crippen LogP contribution in [0, 0.1) is 0 Å². The van der Waals surface area contributed by atoms with Gasteiger partial charge in [0.15, 0.2) is 0 Å². The first-order chi connectivity index (χ1) is 4.50. The molecule has 0 aliphatic heterocycles. The number of carbonyl (C=O) groups excluding carboxylic acids is 2. The summed E-state index contributed by atoms with van der Waals surface area (Å²) in [5, 5.41) is 1.06. The molecule has 0 aliphatic carbocycles. The number of rotatable bonds is 1. The van der Waals surface area contributed by atoms with Gasteiger partial charge in [-0.15, -0.1) is 0 Å². The second-order valence-electron chi connectivity index (χ2n) is 0.906. The average Bonchev–Trinajstić information content (AvgIpc) is 1.62. The SMILES string of the molecule is NC(=O)S.O=C(S)NC=S.[H-].[Na+]. The number of primary amides is 1. The summed E-state index contributed by atoms with van der Waals surface area (Å²) in [7, 11) is 0. The molecule has 2 amide bonds. The van der Waals surface area contributed by atoms with E-state index in [0.29, 0.717) is 0 Å². The van der Waals surface area contributed by atoms with E-state index in [1.807, 2.05) is 0 Å². The fourth-order valence-electron chi connectivity index (χ4n) is 0.0504. The Morgan fingerprint density at radius 1 is 1.55 bits per heavy atom. The third-order valence-corrected chi connectivity index (χ3v) is 0.429. The van der Waals surface area contributed by atoms with Crippen molar-refractivity contribution in [2.75, 3.05) is 0 Å². The maximum Gasteiger partial charge on any atom is 1.00 e. The number of nitrogens with two attached hydrogens (primary N) is 1. The number of thiocarbonyl (C=S) groups is 1. The van der Waals surface area contributed by atoms with Gasteiger partial charge in [0.1, 0.15) is 0 Å². The first-order valence-corrected chi connectivity index (χ1v) is 3.28. The van der Waals surface area contributed by atoms with Crippen LogP contribution < -0.4 is 40.6 Å². The van der Waals surface area contributed by atoms with E-state index in [1.54, 1.807) is 0 Å². The zero-order chi connectivity index (χ0) is 8.57. The monoisotopic (exact) mass is 222 g/mol. The van der Waals surface area contributed by atoms with Gasteiger partial charge >= 0.3 is 29.6 Å². The molecule has 0 saturated carbocycles. The molecule has 60 valence electrons. The van der Waals surface area contributed by atoms with Crippen LogP contribution in [0.4, 0.5) is 9.59 Å². The van der Waals surface area contributed by atoms with Crippen molar-refractivity contribution in [1.29, 1.82) is 0 Å². The zero-order valence-electron chi connectivity index (χ0n) is 6.77. The number of hydrogen-bond acceptors (Lipinski definition) is 3. The summed E-state index contributed by atoms with van der Waals surface area (Å²) in [4.78, 5) is 18.8. The molecule has 0 aromatic rings. The Bertz CT molecular complexity index is 144. The minimum atomic E-state index is -0.639. The molecule has 0 unspecified atom stereocenters. The van der Waals surface area contributed by atoms with Crippen molar-refractivity contribution in [3.05, 3.63) is 0 Å². The van der Waals surface area contributed by atoms with E-state index in [0.717, 1.165) is 5.49 Å². The molecule has 4 nitrogen and oxygen atoms in total. The smallest absolute Gasteiger partial charge is 1.00 e. The van der Waals surface area contributed by atoms with E-state index in [4.69, 9.17) is 4.79 Å². The number of hydrogen-bond donors (Lipinski definition) is 4. The summed E-state index contributed by atoms with van der Waals surface area (Å²) in [5.74, 6) is 0. The molecule has 0 saturated heterocycles. The molecular weight excluding hydrogens is 215 g/mol. The predicted molar refractivity (Wildman–Crippen MR) is 50.9 cm³/mol. The van der Waals surface area contributed by atoms with Crippen molar-refractivity contribution in [2.45, 2.75) is 0 Å². The van der Waals surface area contributed by atoms with E-state index in [1.165, 1.54) is 0 Å². The van der Waals surface area contributed by atoms with Crippen LogP contribution in [0.5, 0.6) is 0 Å². The van der Waals surface area contributed by atoms with Gasteiger partial charge in [-0.25, -0.2) is 0 Å². The summed E-state index contributed by atoms with van der Waals surface area (Å²) < 4.78 is 0. The van der Waals surface area contributed by atoms with Crippen molar-refractivity contribution in [3.8, 4) is 0 Å². The standard InChI is InChI=1S/C2H3NOS2.CH3NOS.Na.H/c4-2(6)3-1-5;2-1(3)4;;/h1H,(H2,3,4,5,6);(H3,2,3,4);;/q;;+1;-1. The quantitative estimate of drug-likeness (QED) is 0.229. The molecule has 0 bridgehead atoms. The van der Waals surface area contributed by atoms with Crippen molar-refractivity contribution in [1.82, 2.24) is 5.32 Å². The van der Waals surface area contributed by atoms with Crippen molar-refractivity contribution in [3.63, 3.8) is 0 Å². The molecule has 0 aliphatic rings. The Morgan fingerprint density at radius 3 is 1.82 bits per heavy atom. The molecule has 0 radical (unpaired) electrons. The van der Waals surface area contributed by atoms with Gasteiger partial charge in [-0.2, -0.15) is 0 Å². The van der Waals surface area contributed by atoms with Gasteiger partial charge in [0, 0.05) is 0 Å². The van der Waals surface area contributed by atoms with E-state index < -0.39 is 10.5 Å².